The van der Waals surface area contributed by atoms with Crippen molar-refractivity contribution >= 4 is 5.91 Å². The molecule has 2 aromatic rings. The highest BCUT2D eigenvalue weighted by Gasteiger charge is 2.53. The highest BCUT2D eigenvalue weighted by atomic mass is 16.5. The zero-order valence-electron chi connectivity index (χ0n) is 17.6. The predicted octanol–water partition coefficient (Wildman–Crippen LogP) is 4.05. The molecule has 0 fully saturated rings. The van der Waals surface area contributed by atoms with Crippen LogP contribution in [0.1, 0.15) is 63.1 Å². The first kappa shape index (κ1) is 20.6. The number of carbonyl (C=O) groups is 1. The van der Waals surface area contributed by atoms with Gasteiger partial charge in [0, 0.05) is 18.9 Å². The zero-order chi connectivity index (χ0) is 20.5. The summed E-state index contributed by atoms with van der Waals surface area (Å²) in [5.41, 5.74) is 10.6. The van der Waals surface area contributed by atoms with Gasteiger partial charge >= 0.3 is 0 Å². The summed E-state index contributed by atoms with van der Waals surface area (Å²) in [5.74, 6) is 0.0333. The van der Waals surface area contributed by atoms with E-state index in [-0.39, 0.29) is 17.7 Å². The first-order valence-corrected chi connectivity index (χ1v) is 10.2. The number of carbonyl (C=O) groups excluding carboxylic acids is 1. The van der Waals surface area contributed by atoms with Gasteiger partial charge in [-0.25, -0.2) is 0 Å². The molecule has 1 aromatic carbocycles. The number of hydrogen-bond acceptors (Lipinski definition) is 3. The van der Waals surface area contributed by atoms with E-state index < -0.39 is 5.41 Å². The van der Waals surface area contributed by atoms with E-state index in [2.05, 4.69) is 30.5 Å². The summed E-state index contributed by atoms with van der Waals surface area (Å²) in [6.45, 7) is 12.4. The Bertz CT molecular complexity index is 843. The van der Waals surface area contributed by atoms with Gasteiger partial charge in [0.15, 0.2) is 0 Å². The number of nitrogens with two attached hydrogens (primary N) is 1. The topological polar surface area (TPSA) is 66.5 Å². The van der Waals surface area contributed by atoms with E-state index in [1.54, 1.807) is 0 Å². The average molecular weight is 385 g/mol. The molecule has 5 heteroatoms. The van der Waals surface area contributed by atoms with Crippen LogP contribution in [-0.4, -0.2) is 23.7 Å². The van der Waals surface area contributed by atoms with Crippen molar-refractivity contribution in [1.29, 1.82) is 0 Å². The van der Waals surface area contributed by atoms with E-state index in [4.69, 9.17) is 15.2 Å². The molecular weight excluding hydrogens is 352 g/mol. The summed E-state index contributed by atoms with van der Waals surface area (Å²) in [7, 11) is 0. The van der Waals surface area contributed by atoms with Gasteiger partial charge < -0.3 is 19.8 Å². The van der Waals surface area contributed by atoms with Crippen molar-refractivity contribution in [3.8, 4) is 5.69 Å². The van der Waals surface area contributed by atoms with Crippen LogP contribution in [0.3, 0.4) is 0 Å². The molecule has 152 valence electrons. The number of fused-ring (bicyclic) bond motifs is 1. The average Bonchev–Trinajstić information content (AvgIpc) is 3.12. The van der Waals surface area contributed by atoms with Crippen LogP contribution in [-0.2, 0) is 32.9 Å². The SMILES string of the molecule is CCOCc1c2c(c(COCC)n1-c1ccccc1)C(C)(C(N)=O)C(C)C2C. The molecule has 1 amide bonds. The Morgan fingerprint density at radius 2 is 1.64 bits per heavy atom. The monoisotopic (exact) mass is 384 g/mol. The van der Waals surface area contributed by atoms with Gasteiger partial charge in [-0.15, -0.1) is 0 Å². The minimum Gasteiger partial charge on any atom is -0.376 e. The third-order valence-electron chi connectivity index (χ3n) is 6.46. The Balaban J connectivity index is 2.35. The third kappa shape index (κ3) is 3.07. The maximum Gasteiger partial charge on any atom is 0.228 e. The molecule has 3 unspecified atom stereocenters. The van der Waals surface area contributed by atoms with Crippen LogP contribution >= 0.6 is 0 Å². The van der Waals surface area contributed by atoms with Crippen molar-refractivity contribution in [3.05, 3.63) is 52.8 Å². The van der Waals surface area contributed by atoms with Crippen LogP contribution in [0.2, 0.25) is 0 Å². The molecule has 1 aliphatic carbocycles. The van der Waals surface area contributed by atoms with Crippen molar-refractivity contribution in [3.63, 3.8) is 0 Å². The van der Waals surface area contributed by atoms with Crippen LogP contribution in [0.5, 0.6) is 0 Å². The first-order chi connectivity index (χ1) is 13.4. The highest BCUT2D eigenvalue weighted by Crippen LogP contribution is 2.54. The number of amides is 1. The Morgan fingerprint density at radius 1 is 1.07 bits per heavy atom. The number of ether oxygens (including phenoxy) is 2. The lowest BCUT2D eigenvalue weighted by molar-refractivity contribution is -0.124. The molecular formula is C23H32N2O3. The fourth-order valence-electron chi connectivity index (χ4n) is 4.66. The van der Waals surface area contributed by atoms with Gasteiger partial charge in [-0.05, 0) is 55.9 Å². The van der Waals surface area contributed by atoms with E-state index in [0.29, 0.717) is 26.4 Å². The summed E-state index contributed by atoms with van der Waals surface area (Å²) in [5, 5.41) is 0. The Hall–Kier alpha value is -2.11. The van der Waals surface area contributed by atoms with Gasteiger partial charge in [0.05, 0.1) is 30.0 Å². The van der Waals surface area contributed by atoms with Crippen LogP contribution in [0.15, 0.2) is 30.3 Å². The second kappa shape index (κ2) is 8.10. The first-order valence-electron chi connectivity index (χ1n) is 10.2. The summed E-state index contributed by atoms with van der Waals surface area (Å²) in [4.78, 5) is 12.7. The van der Waals surface area contributed by atoms with E-state index in [9.17, 15) is 4.79 Å². The minimum atomic E-state index is -0.734. The van der Waals surface area contributed by atoms with E-state index >= 15 is 0 Å². The van der Waals surface area contributed by atoms with E-state index in [0.717, 1.165) is 22.6 Å². The maximum atomic E-state index is 12.7. The lowest BCUT2D eigenvalue weighted by atomic mass is 9.74. The van der Waals surface area contributed by atoms with Gasteiger partial charge in [-0.2, -0.15) is 0 Å². The molecule has 0 spiro atoms. The van der Waals surface area contributed by atoms with Gasteiger partial charge in [-0.1, -0.05) is 32.0 Å². The molecule has 0 saturated carbocycles. The number of aromatic nitrogens is 1. The Morgan fingerprint density at radius 3 is 2.18 bits per heavy atom. The molecule has 1 heterocycles. The van der Waals surface area contributed by atoms with Crippen LogP contribution in [0.25, 0.3) is 5.69 Å². The quantitative estimate of drug-likeness (QED) is 0.747. The third-order valence-corrected chi connectivity index (χ3v) is 6.46. The molecule has 0 aliphatic heterocycles. The van der Waals surface area contributed by atoms with Gasteiger partial charge in [0.2, 0.25) is 5.91 Å². The number of benzene rings is 1. The van der Waals surface area contributed by atoms with Crippen molar-refractivity contribution in [2.75, 3.05) is 13.2 Å². The Labute approximate surface area is 167 Å². The van der Waals surface area contributed by atoms with Gasteiger partial charge in [0.1, 0.15) is 0 Å². The maximum absolute atomic E-state index is 12.7. The standard InChI is InChI=1S/C23H32N2O3/c1-6-27-13-18-20-15(3)16(4)23(5,22(24)26)21(20)19(14-28-7-2)25(18)17-11-9-8-10-12-17/h8-12,15-16H,6-7,13-14H2,1-5H3,(H2,24,26). The summed E-state index contributed by atoms with van der Waals surface area (Å²) in [6, 6.07) is 10.2. The zero-order valence-corrected chi connectivity index (χ0v) is 17.6. The van der Waals surface area contributed by atoms with Crippen LogP contribution in [0.4, 0.5) is 0 Å². The summed E-state index contributed by atoms with van der Waals surface area (Å²) < 4.78 is 13.9. The second-order valence-corrected chi connectivity index (χ2v) is 7.77. The molecule has 28 heavy (non-hydrogen) atoms. The molecule has 0 radical (unpaired) electrons. The number of primary amides is 1. The lowest BCUT2D eigenvalue weighted by Crippen LogP contribution is -2.42. The smallest absolute Gasteiger partial charge is 0.228 e. The van der Waals surface area contributed by atoms with Crippen LogP contribution < -0.4 is 5.73 Å². The number of rotatable bonds is 8. The van der Waals surface area contributed by atoms with Crippen molar-refractivity contribution in [2.24, 2.45) is 11.7 Å². The highest BCUT2D eigenvalue weighted by molar-refractivity contribution is 5.89. The molecule has 0 saturated heterocycles. The lowest BCUT2D eigenvalue weighted by Gasteiger charge is -2.30. The molecule has 3 atom stereocenters. The molecule has 0 bridgehead atoms. The number of nitrogens with zero attached hydrogens (tertiary/aromatic N) is 1. The molecule has 3 rings (SSSR count). The van der Waals surface area contributed by atoms with Gasteiger partial charge in [0.25, 0.3) is 0 Å². The normalized spacial score (nSPS) is 23.8. The predicted molar refractivity (Wildman–Crippen MR) is 111 cm³/mol. The van der Waals surface area contributed by atoms with Crippen LogP contribution in [0, 0.1) is 5.92 Å². The van der Waals surface area contributed by atoms with Gasteiger partial charge in [-0.3, -0.25) is 4.79 Å². The van der Waals surface area contributed by atoms with Crippen molar-refractivity contribution in [1.82, 2.24) is 4.57 Å². The fourth-order valence-corrected chi connectivity index (χ4v) is 4.66. The molecule has 1 aliphatic rings. The molecule has 1 aromatic heterocycles. The summed E-state index contributed by atoms with van der Waals surface area (Å²) >= 11 is 0. The minimum absolute atomic E-state index is 0.112. The summed E-state index contributed by atoms with van der Waals surface area (Å²) in [6.07, 6.45) is 0. The number of hydrogen-bond donors (Lipinski definition) is 1. The van der Waals surface area contributed by atoms with Crippen molar-refractivity contribution in [2.45, 2.75) is 59.2 Å². The molecule has 2 N–H and O–H groups in total. The van der Waals surface area contributed by atoms with E-state index in [1.165, 1.54) is 5.56 Å². The number of para-hydroxylation sites is 1. The Kier molecular flexibility index (Phi) is 5.96. The second-order valence-electron chi connectivity index (χ2n) is 7.77. The molecule has 5 nitrogen and oxygen atoms in total. The fraction of sp³-hybridized carbons (Fsp3) is 0.522. The van der Waals surface area contributed by atoms with E-state index in [1.807, 2.05) is 39.0 Å². The largest absolute Gasteiger partial charge is 0.376 e. The van der Waals surface area contributed by atoms with Crippen molar-refractivity contribution < 1.29 is 14.3 Å².